The van der Waals surface area contributed by atoms with Crippen LogP contribution in [0.25, 0.3) is 0 Å². The normalized spacial score (nSPS) is 12.3. The van der Waals surface area contributed by atoms with E-state index in [0.29, 0.717) is 18.1 Å². The highest BCUT2D eigenvalue weighted by Crippen LogP contribution is 2.13. The number of hydrogen-bond acceptors (Lipinski definition) is 6. The first-order valence-electron chi connectivity index (χ1n) is 5.76. The van der Waals surface area contributed by atoms with E-state index in [4.69, 9.17) is 9.52 Å². The van der Waals surface area contributed by atoms with E-state index >= 15 is 0 Å². The standard InChI is InChI=1S/C12H14N4O3/c1-7-3-15-11(19-7)8(2)14-5-10-9(12(17)18)4-13-6-16-10/h3-4,6,8,14H,5H2,1-2H3,(H,17,18). The zero-order valence-electron chi connectivity index (χ0n) is 10.6. The van der Waals surface area contributed by atoms with Gasteiger partial charge in [0, 0.05) is 12.7 Å². The molecule has 0 aromatic carbocycles. The fourth-order valence-corrected chi connectivity index (χ4v) is 1.58. The minimum Gasteiger partial charge on any atom is -0.478 e. The van der Waals surface area contributed by atoms with Crippen molar-refractivity contribution in [2.75, 3.05) is 0 Å². The van der Waals surface area contributed by atoms with E-state index in [2.05, 4.69) is 20.3 Å². The molecule has 0 aliphatic rings. The van der Waals surface area contributed by atoms with E-state index in [0.717, 1.165) is 5.76 Å². The van der Waals surface area contributed by atoms with Gasteiger partial charge in [-0.3, -0.25) is 0 Å². The first kappa shape index (κ1) is 13.2. The molecule has 2 rings (SSSR count). The first-order valence-corrected chi connectivity index (χ1v) is 5.76. The van der Waals surface area contributed by atoms with Gasteiger partial charge in [0.15, 0.2) is 0 Å². The molecule has 7 nitrogen and oxygen atoms in total. The lowest BCUT2D eigenvalue weighted by Gasteiger charge is -2.10. The minimum absolute atomic E-state index is 0.0887. The molecule has 0 saturated heterocycles. The molecule has 0 aliphatic heterocycles. The Hall–Kier alpha value is -2.28. The summed E-state index contributed by atoms with van der Waals surface area (Å²) in [6.07, 6.45) is 4.25. The van der Waals surface area contributed by atoms with Crippen molar-refractivity contribution >= 4 is 5.97 Å². The van der Waals surface area contributed by atoms with E-state index in [1.54, 1.807) is 6.20 Å². The lowest BCUT2D eigenvalue weighted by atomic mass is 10.2. The number of nitrogens with one attached hydrogen (secondary N) is 1. The van der Waals surface area contributed by atoms with Crippen molar-refractivity contribution in [1.29, 1.82) is 0 Å². The van der Waals surface area contributed by atoms with Crippen LogP contribution in [0.5, 0.6) is 0 Å². The van der Waals surface area contributed by atoms with Crippen molar-refractivity contribution in [2.45, 2.75) is 26.4 Å². The first-order chi connectivity index (χ1) is 9.08. The van der Waals surface area contributed by atoms with E-state index in [1.807, 2.05) is 13.8 Å². The zero-order chi connectivity index (χ0) is 13.8. The molecule has 0 aliphatic carbocycles. The minimum atomic E-state index is -1.04. The SMILES string of the molecule is Cc1cnc(C(C)NCc2ncncc2C(=O)O)o1. The zero-order valence-corrected chi connectivity index (χ0v) is 10.6. The van der Waals surface area contributed by atoms with Gasteiger partial charge < -0.3 is 14.8 Å². The van der Waals surface area contributed by atoms with Crippen molar-refractivity contribution in [2.24, 2.45) is 0 Å². The van der Waals surface area contributed by atoms with Crippen LogP contribution in [0.15, 0.2) is 23.1 Å². The van der Waals surface area contributed by atoms with Gasteiger partial charge in [-0.25, -0.2) is 19.7 Å². The molecule has 2 heterocycles. The summed E-state index contributed by atoms with van der Waals surface area (Å²) in [5.74, 6) is 0.248. The molecule has 2 N–H and O–H groups in total. The highest BCUT2D eigenvalue weighted by Gasteiger charge is 2.14. The number of carbonyl (C=O) groups is 1. The van der Waals surface area contributed by atoms with Gasteiger partial charge in [-0.05, 0) is 13.8 Å². The van der Waals surface area contributed by atoms with Crippen molar-refractivity contribution in [3.63, 3.8) is 0 Å². The maximum atomic E-state index is 11.0. The van der Waals surface area contributed by atoms with Gasteiger partial charge in [-0.1, -0.05) is 0 Å². The van der Waals surface area contributed by atoms with Crippen LogP contribution in [0.2, 0.25) is 0 Å². The molecule has 19 heavy (non-hydrogen) atoms. The number of nitrogens with zero attached hydrogens (tertiary/aromatic N) is 3. The maximum absolute atomic E-state index is 11.0. The predicted octanol–water partition coefficient (Wildman–Crippen LogP) is 1.32. The number of carboxylic acids is 1. The smallest absolute Gasteiger partial charge is 0.339 e. The van der Waals surface area contributed by atoms with E-state index in [9.17, 15) is 4.79 Å². The van der Waals surface area contributed by atoms with Crippen LogP contribution in [0.3, 0.4) is 0 Å². The van der Waals surface area contributed by atoms with Crippen molar-refractivity contribution in [3.05, 3.63) is 41.6 Å². The van der Waals surface area contributed by atoms with Crippen LogP contribution < -0.4 is 5.32 Å². The van der Waals surface area contributed by atoms with Crippen LogP contribution >= 0.6 is 0 Å². The molecule has 1 atom stereocenters. The Labute approximate surface area is 109 Å². The number of hydrogen-bond donors (Lipinski definition) is 2. The highest BCUT2D eigenvalue weighted by atomic mass is 16.4. The fourth-order valence-electron chi connectivity index (χ4n) is 1.58. The summed E-state index contributed by atoms with van der Waals surface area (Å²) < 4.78 is 5.39. The second-order valence-electron chi connectivity index (χ2n) is 4.10. The Kier molecular flexibility index (Phi) is 3.86. The van der Waals surface area contributed by atoms with Crippen molar-refractivity contribution in [1.82, 2.24) is 20.3 Å². The Morgan fingerprint density at radius 2 is 2.26 bits per heavy atom. The summed E-state index contributed by atoms with van der Waals surface area (Å²) in [4.78, 5) is 22.8. The largest absolute Gasteiger partial charge is 0.478 e. The van der Waals surface area contributed by atoms with Gasteiger partial charge in [-0.2, -0.15) is 0 Å². The topological polar surface area (TPSA) is 101 Å². The molecule has 1 unspecified atom stereocenters. The molecule has 2 aromatic heterocycles. The Morgan fingerprint density at radius 1 is 1.47 bits per heavy atom. The van der Waals surface area contributed by atoms with E-state index < -0.39 is 5.97 Å². The van der Waals surface area contributed by atoms with Crippen LogP contribution in [0, 0.1) is 6.92 Å². The Morgan fingerprint density at radius 3 is 2.89 bits per heavy atom. The second-order valence-corrected chi connectivity index (χ2v) is 4.10. The van der Waals surface area contributed by atoms with Crippen LogP contribution in [0.1, 0.15) is 40.7 Å². The van der Waals surface area contributed by atoms with E-state index in [1.165, 1.54) is 12.5 Å². The van der Waals surface area contributed by atoms with Gasteiger partial charge in [-0.15, -0.1) is 0 Å². The Balaban J connectivity index is 2.05. The van der Waals surface area contributed by atoms with E-state index in [-0.39, 0.29) is 11.6 Å². The molecule has 0 bridgehead atoms. The summed E-state index contributed by atoms with van der Waals surface area (Å²) in [5.41, 5.74) is 0.517. The monoisotopic (exact) mass is 262 g/mol. The third-order valence-electron chi connectivity index (χ3n) is 2.61. The Bertz CT molecular complexity index is 582. The van der Waals surface area contributed by atoms with Gasteiger partial charge in [0.05, 0.1) is 17.9 Å². The lowest BCUT2D eigenvalue weighted by molar-refractivity contribution is 0.0694. The summed E-state index contributed by atoms with van der Waals surface area (Å²) in [7, 11) is 0. The quantitative estimate of drug-likeness (QED) is 0.837. The van der Waals surface area contributed by atoms with Gasteiger partial charge in [0.1, 0.15) is 17.7 Å². The molecule has 100 valence electrons. The number of oxazole rings is 1. The average molecular weight is 262 g/mol. The summed E-state index contributed by atoms with van der Waals surface area (Å²) >= 11 is 0. The molecule has 0 spiro atoms. The number of aromatic nitrogens is 3. The molecule has 0 fully saturated rings. The second kappa shape index (κ2) is 5.57. The predicted molar refractivity (Wildman–Crippen MR) is 65.5 cm³/mol. The molecular weight excluding hydrogens is 248 g/mol. The summed E-state index contributed by atoms with van der Waals surface area (Å²) in [6.45, 7) is 4.00. The number of rotatable bonds is 5. The van der Waals surface area contributed by atoms with Crippen molar-refractivity contribution in [3.8, 4) is 0 Å². The third kappa shape index (κ3) is 3.14. The third-order valence-corrected chi connectivity index (χ3v) is 2.61. The summed E-state index contributed by atoms with van der Waals surface area (Å²) in [5, 5.41) is 12.1. The molecule has 0 saturated carbocycles. The van der Waals surface area contributed by atoms with Gasteiger partial charge >= 0.3 is 5.97 Å². The average Bonchev–Trinajstić information content (AvgIpc) is 2.83. The molecule has 0 radical (unpaired) electrons. The van der Waals surface area contributed by atoms with Gasteiger partial charge in [0.25, 0.3) is 0 Å². The molecule has 7 heteroatoms. The van der Waals surface area contributed by atoms with Crippen LogP contribution in [0.4, 0.5) is 0 Å². The molecular formula is C12H14N4O3. The maximum Gasteiger partial charge on any atom is 0.339 e. The fraction of sp³-hybridized carbons (Fsp3) is 0.333. The van der Waals surface area contributed by atoms with Crippen LogP contribution in [-0.4, -0.2) is 26.0 Å². The van der Waals surface area contributed by atoms with Crippen LogP contribution in [-0.2, 0) is 6.54 Å². The number of aryl methyl sites for hydroxylation is 1. The summed E-state index contributed by atoms with van der Waals surface area (Å²) in [6, 6.07) is -0.134. The molecule has 0 amide bonds. The highest BCUT2D eigenvalue weighted by molar-refractivity contribution is 5.88. The molecule has 2 aromatic rings. The lowest BCUT2D eigenvalue weighted by Crippen LogP contribution is -2.21. The number of carboxylic acid groups (broad SMARTS) is 1. The number of aromatic carboxylic acids is 1. The van der Waals surface area contributed by atoms with Gasteiger partial charge in [0.2, 0.25) is 5.89 Å². The van der Waals surface area contributed by atoms with Crippen molar-refractivity contribution < 1.29 is 14.3 Å².